The van der Waals surface area contributed by atoms with Gasteiger partial charge in [-0.05, 0) is 31.5 Å². The summed E-state index contributed by atoms with van der Waals surface area (Å²) in [6.07, 6.45) is 0. The first-order chi connectivity index (χ1) is 13.0. The van der Waals surface area contributed by atoms with Gasteiger partial charge in [-0.2, -0.15) is 5.10 Å². The predicted molar refractivity (Wildman–Crippen MR) is 102 cm³/mol. The molecule has 3 rings (SSSR count). The summed E-state index contributed by atoms with van der Waals surface area (Å²) >= 11 is 0. The van der Waals surface area contributed by atoms with Gasteiger partial charge in [0.05, 0.1) is 19.6 Å². The molecule has 1 heterocycles. The maximum Gasteiger partial charge on any atom is 0.331 e. The molecule has 0 aromatic heterocycles. The third-order valence-electron chi connectivity index (χ3n) is 4.51. The lowest BCUT2D eigenvalue weighted by atomic mass is 9.85. The van der Waals surface area contributed by atoms with E-state index in [2.05, 4.69) is 10.5 Å². The number of carbonyl (C=O) groups excluding carboxylic acids is 2. The minimum Gasteiger partial charge on any atom is -0.497 e. The van der Waals surface area contributed by atoms with Crippen LogP contribution < -0.4 is 10.2 Å². The molecule has 2 aromatic carbocycles. The van der Waals surface area contributed by atoms with E-state index < -0.39 is 17.9 Å². The molecule has 2 unspecified atom stereocenters. The molecule has 1 aliphatic rings. The molecule has 2 atom stereocenters. The molecular weight excluding hydrogens is 344 g/mol. The molecule has 0 amide bonds. The van der Waals surface area contributed by atoms with Crippen molar-refractivity contribution in [2.45, 2.75) is 25.8 Å². The van der Waals surface area contributed by atoms with E-state index >= 15 is 0 Å². The van der Waals surface area contributed by atoms with Crippen LogP contribution in [0.2, 0.25) is 0 Å². The first kappa shape index (κ1) is 18.6. The van der Waals surface area contributed by atoms with Gasteiger partial charge in [-0.25, -0.2) is 4.79 Å². The van der Waals surface area contributed by atoms with Crippen molar-refractivity contribution in [3.05, 3.63) is 65.2 Å². The number of hydrazone groups is 1. The molecule has 6 heteroatoms. The molecule has 0 bridgehead atoms. The molecule has 1 aliphatic heterocycles. The summed E-state index contributed by atoms with van der Waals surface area (Å²) in [5, 5.41) is 4.20. The van der Waals surface area contributed by atoms with E-state index in [1.54, 1.807) is 38.3 Å². The highest BCUT2D eigenvalue weighted by Crippen LogP contribution is 2.30. The fraction of sp³-hybridized carbons (Fsp3) is 0.286. The van der Waals surface area contributed by atoms with Gasteiger partial charge in [0.2, 0.25) is 5.78 Å². The number of nitrogens with one attached hydrogen (secondary N) is 1. The van der Waals surface area contributed by atoms with E-state index in [1.807, 2.05) is 31.2 Å². The minimum absolute atomic E-state index is 0.213. The highest BCUT2D eigenvalue weighted by molar-refractivity contribution is 6.48. The number of methoxy groups -OCH3 is 1. The van der Waals surface area contributed by atoms with Crippen molar-refractivity contribution in [1.82, 2.24) is 5.43 Å². The maximum absolute atomic E-state index is 13.0. The van der Waals surface area contributed by atoms with Gasteiger partial charge < -0.3 is 9.47 Å². The molecular formula is C21H22N2O4. The quantitative estimate of drug-likeness (QED) is 0.628. The lowest BCUT2D eigenvalue weighted by molar-refractivity contribution is -0.145. The van der Waals surface area contributed by atoms with Gasteiger partial charge in [0.25, 0.3) is 0 Å². The van der Waals surface area contributed by atoms with Crippen molar-refractivity contribution < 1.29 is 19.1 Å². The third kappa shape index (κ3) is 3.84. The predicted octanol–water partition coefficient (Wildman–Crippen LogP) is 2.86. The zero-order chi connectivity index (χ0) is 19.4. The summed E-state index contributed by atoms with van der Waals surface area (Å²) in [5.41, 5.74) is 5.47. The first-order valence-electron chi connectivity index (χ1n) is 8.80. The SMILES string of the molecule is CCOC(=O)C1NN=C(C(=O)c2ccc(C)cc2)C1c1ccc(OC)cc1. The lowest BCUT2D eigenvalue weighted by Crippen LogP contribution is -2.38. The van der Waals surface area contributed by atoms with Crippen LogP contribution in [0.15, 0.2) is 53.6 Å². The van der Waals surface area contributed by atoms with Gasteiger partial charge in [-0.1, -0.05) is 42.0 Å². The Morgan fingerprint density at radius 3 is 2.33 bits per heavy atom. The Bertz CT molecular complexity index is 857. The average Bonchev–Trinajstić information content (AvgIpc) is 3.13. The number of aryl methyl sites for hydroxylation is 1. The minimum atomic E-state index is -0.747. The van der Waals surface area contributed by atoms with Crippen molar-refractivity contribution in [3.63, 3.8) is 0 Å². The lowest BCUT2D eigenvalue weighted by Gasteiger charge is -2.19. The van der Waals surface area contributed by atoms with E-state index in [-0.39, 0.29) is 12.4 Å². The summed E-state index contributed by atoms with van der Waals surface area (Å²) < 4.78 is 10.4. The van der Waals surface area contributed by atoms with Crippen LogP contribution in [-0.4, -0.2) is 37.2 Å². The normalized spacial score (nSPS) is 18.4. The number of benzene rings is 2. The van der Waals surface area contributed by atoms with Gasteiger partial charge in [0.15, 0.2) is 6.04 Å². The van der Waals surface area contributed by atoms with Gasteiger partial charge in [-0.15, -0.1) is 0 Å². The van der Waals surface area contributed by atoms with Gasteiger partial charge >= 0.3 is 5.97 Å². The molecule has 27 heavy (non-hydrogen) atoms. The number of hydrogen-bond acceptors (Lipinski definition) is 6. The Hall–Kier alpha value is -3.15. The molecule has 1 N–H and O–H groups in total. The topological polar surface area (TPSA) is 77.0 Å². The molecule has 0 aliphatic carbocycles. The van der Waals surface area contributed by atoms with Crippen LogP contribution in [0.25, 0.3) is 0 Å². The Labute approximate surface area is 158 Å². The fourth-order valence-electron chi connectivity index (χ4n) is 3.07. The number of esters is 1. The second kappa shape index (κ2) is 8.03. The second-order valence-electron chi connectivity index (χ2n) is 6.30. The van der Waals surface area contributed by atoms with Gasteiger partial charge in [0.1, 0.15) is 11.5 Å². The van der Waals surface area contributed by atoms with E-state index in [0.29, 0.717) is 17.0 Å². The maximum atomic E-state index is 13.0. The van der Waals surface area contributed by atoms with E-state index in [0.717, 1.165) is 11.1 Å². The summed E-state index contributed by atoms with van der Waals surface area (Å²) in [6, 6.07) is 13.8. The molecule has 6 nitrogen and oxygen atoms in total. The smallest absolute Gasteiger partial charge is 0.331 e. The molecule has 0 fully saturated rings. The molecule has 2 aromatic rings. The summed E-state index contributed by atoms with van der Waals surface area (Å²) in [5.74, 6) is -0.492. The van der Waals surface area contributed by atoms with Gasteiger partial charge in [0, 0.05) is 5.56 Å². The van der Waals surface area contributed by atoms with Crippen LogP contribution in [0.4, 0.5) is 0 Å². The summed E-state index contributed by atoms with van der Waals surface area (Å²) in [6.45, 7) is 3.96. The number of rotatable bonds is 6. The Balaban J connectivity index is 1.96. The number of carbonyl (C=O) groups is 2. The van der Waals surface area contributed by atoms with Crippen molar-refractivity contribution in [3.8, 4) is 5.75 Å². The highest BCUT2D eigenvalue weighted by atomic mass is 16.5. The molecule has 140 valence electrons. The van der Waals surface area contributed by atoms with Crippen molar-refractivity contribution >= 4 is 17.5 Å². The van der Waals surface area contributed by atoms with Crippen LogP contribution in [0.1, 0.15) is 34.3 Å². The molecule has 0 spiro atoms. The van der Waals surface area contributed by atoms with Crippen LogP contribution >= 0.6 is 0 Å². The van der Waals surface area contributed by atoms with Crippen LogP contribution in [0.3, 0.4) is 0 Å². The number of hydrogen-bond donors (Lipinski definition) is 1. The first-order valence-corrected chi connectivity index (χ1v) is 8.80. The van der Waals surface area contributed by atoms with Crippen molar-refractivity contribution in [2.24, 2.45) is 5.10 Å². The average molecular weight is 366 g/mol. The monoisotopic (exact) mass is 366 g/mol. The van der Waals surface area contributed by atoms with Crippen LogP contribution in [-0.2, 0) is 9.53 Å². The Morgan fingerprint density at radius 1 is 1.07 bits per heavy atom. The number of ketones is 1. The Morgan fingerprint density at radius 2 is 1.74 bits per heavy atom. The molecule has 0 saturated carbocycles. The number of nitrogens with zero attached hydrogens (tertiary/aromatic N) is 1. The largest absolute Gasteiger partial charge is 0.497 e. The summed E-state index contributed by atoms with van der Waals surface area (Å²) in [4.78, 5) is 25.5. The molecule has 0 saturated heterocycles. The van der Waals surface area contributed by atoms with Crippen LogP contribution in [0, 0.1) is 6.92 Å². The van der Waals surface area contributed by atoms with E-state index in [9.17, 15) is 9.59 Å². The van der Waals surface area contributed by atoms with E-state index in [1.165, 1.54) is 0 Å². The van der Waals surface area contributed by atoms with Crippen molar-refractivity contribution in [1.29, 1.82) is 0 Å². The zero-order valence-electron chi connectivity index (χ0n) is 15.6. The second-order valence-corrected chi connectivity index (χ2v) is 6.30. The Kier molecular flexibility index (Phi) is 5.54. The van der Waals surface area contributed by atoms with E-state index in [4.69, 9.17) is 9.47 Å². The highest BCUT2D eigenvalue weighted by Gasteiger charge is 2.42. The van der Waals surface area contributed by atoms with Gasteiger partial charge in [-0.3, -0.25) is 10.2 Å². The van der Waals surface area contributed by atoms with Crippen molar-refractivity contribution in [2.75, 3.05) is 13.7 Å². The zero-order valence-corrected chi connectivity index (χ0v) is 15.6. The fourth-order valence-corrected chi connectivity index (χ4v) is 3.07. The summed E-state index contributed by atoms with van der Waals surface area (Å²) in [7, 11) is 1.58. The standard InChI is InChI=1S/C21H22N2O4/c1-4-27-21(25)19-17(14-9-11-16(26-3)12-10-14)18(22-23-19)20(24)15-7-5-13(2)6-8-15/h5-12,17,19,23H,4H2,1-3H3. The number of Topliss-reactive ketones (excluding diaryl/α,β-unsaturated/α-hetero) is 1. The third-order valence-corrected chi connectivity index (χ3v) is 4.51. The number of ether oxygens (including phenoxy) is 2. The van der Waals surface area contributed by atoms with Crippen LogP contribution in [0.5, 0.6) is 5.75 Å². The molecule has 0 radical (unpaired) electrons.